The van der Waals surface area contributed by atoms with E-state index in [1.807, 2.05) is 6.92 Å². The number of ketones is 1. The van der Waals surface area contributed by atoms with Gasteiger partial charge in [-0.2, -0.15) is 4.72 Å². The smallest absolute Gasteiger partial charge is 0.332 e. The van der Waals surface area contributed by atoms with Crippen molar-refractivity contribution in [3.8, 4) is 0 Å². The summed E-state index contributed by atoms with van der Waals surface area (Å²) >= 11 is 1.13. The highest BCUT2D eigenvalue weighted by Crippen LogP contribution is 2.15. The summed E-state index contributed by atoms with van der Waals surface area (Å²) in [6, 6.07) is 7.65. The van der Waals surface area contributed by atoms with E-state index in [-0.39, 0.29) is 16.4 Å². The predicted molar refractivity (Wildman–Crippen MR) is 90.6 cm³/mol. The molecule has 0 aliphatic rings. The Morgan fingerprint density at radius 1 is 1.21 bits per heavy atom. The molecular formula is C16H17NO5S2. The van der Waals surface area contributed by atoms with Gasteiger partial charge in [0.05, 0.1) is 16.4 Å². The maximum Gasteiger partial charge on any atom is 0.332 e. The molecule has 1 aromatic heterocycles. The third kappa shape index (κ3) is 4.28. The molecule has 1 heterocycles. The van der Waals surface area contributed by atoms with Crippen molar-refractivity contribution in [2.75, 3.05) is 6.61 Å². The van der Waals surface area contributed by atoms with E-state index < -0.39 is 27.8 Å². The third-order valence-corrected chi connectivity index (χ3v) is 5.48. The van der Waals surface area contributed by atoms with Gasteiger partial charge in [-0.1, -0.05) is 23.8 Å². The summed E-state index contributed by atoms with van der Waals surface area (Å²) in [5, 5.41) is 1.67. The van der Waals surface area contributed by atoms with Crippen LogP contribution in [0, 0.1) is 6.92 Å². The first kappa shape index (κ1) is 18.3. The maximum absolute atomic E-state index is 12.5. The molecule has 8 heteroatoms. The van der Waals surface area contributed by atoms with Crippen LogP contribution in [0.4, 0.5) is 0 Å². The van der Waals surface area contributed by atoms with Gasteiger partial charge in [0.15, 0.2) is 6.04 Å². The molecule has 0 spiro atoms. The number of ether oxygens (including phenoxy) is 1. The Balaban J connectivity index is 2.32. The summed E-state index contributed by atoms with van der Waals surface area (Å²) in [7, 11) is -4.04. The molecule has 2 aromatic rings. The van der Waals surface area contributed by atoms with Gasteiger partial charge >= 0.3 is 5.97 Å². The number of thiophene rings is 1. The van der Waals surface area contributed by atoms with Gasteiger partial charge in [-0.15, -0.1) is 11.3 Å². The van der Waals surface area contributed by atoms with Crippen molar-refractivity contribution in [2.24, 2.45) is 0 Å². The SMILES string of the molecule is CCOC(=O)C(NS(=O)(=O)c1ccc(C)cc1)C(=O)c1cccs1. The van der Waals surface area contributed by atoms with E-state index in [0.717, 1.165) is 16.9 Å². The Kier molecular flexibility index (Phi) is 5.87. The van der Waals surface area contributed by atoms with Gasteiger partial charge in [0.1, 0.15) is 0 Å². The van der Waals surface area contributed by atoms with Crippen LogP contribution in [0.5, 0.6) is 0 Å². The molecule has 0 bridgehead atoms. The van der Waals surface area contributed by atoms with Crippen LogP contribution in [0.15, 0.2) is 46.7 Å². The number of hydrogen-bond donors (Lipinski definition) is 1. The molecule has 1 N–H and O–H groups in total. The van der Waals surface area contributed by atoms with E-state index in [0.29, 0.717) is 0 Å². The van der Waals surface area contributed by atoms with E-state index in [4.69, 9.17) is 4.74 Å². The summed E-state index contributed by atoms with van der Waals surface area (Å²) in [6.45, 7) is 3.45. The zero-order valence-electron chi connectivity index (χ0n) is 13.2. The van der Waals surface area contributed by atoms with Gasteiger partial charge in [0.2, 0.25) is 15.8 Å². The van der Waals surface area contributed by atoms with Crippen LogP contribution in [-0.4, -0.2) is 32.8 Å². The average Bonchev–Trinajstić information content (AvgIpc) is 3.07. The van der Waals surface area contributed by atoms with Crippen molar-refractivity contribution in [2.45, 2.75) is 24.8 Å². The number of esters is 1. The van der Waals surface area contributed by atoms with Crippen LogP contribution in [-0.2, 0) is 19.6 Å². The minimum absolute atomic E-state index is 0.0265. The highest BCUT2D eigenvalue weighted by Gasteiger charge is 2.34. The first-order chi connectivity index (χ1) is 11.3. The molecule has 0 amide bonds. The first-order valence-corrected chi connectivity index (χ1v) is 9.55. The first-order valence-electron chi connectivity index (χ1n) is 7.18. The fourth-order valence-electron chi connectivity index (χ4n) is 1.94. The summed E-state index contributed by atoms with van der Waals surface area (Å²) in [6.07, 6.45) is 0. The minimum atomic E-state index is -4.04. The lowest BCUT2D eigenvalue weighted by molar-refractivity contribution is -0.143. The van der Waals surface area contributed by atoms with E-state index in [1.54, 1.807) is 30.5 Å². The Labute approximate surface area is 144 Å². The molecule has 128 valence electrons. The summed E-state index contributed by atoms with van der Waals surface area (Å²) in [5.74, 6) is -1.56. The fourth-order valence-corrected chi connectivity index (χ4v) is 3.77. The number of carbonyl (C=O) groups excluding carboxylic acids is 2. The van der Waals surface area contributed by atoms with Gasteiger partial charge < -0.3 is 4.74 Å². The molecule has 0 radical (unpaired) electrons. The lowest BCUT2D eigenvalue weighted by Crippen LogP contribution is -2.47. The van der Waals surface area contributed by atoms with Crippen LogP contribution in [0.3, 0.4) is 0 Å². The summed E-state index contributed by atoms with van der Waals surface area (Å²) in [5.41, 5.74) is 0.894. The minimum Gasteiger partial charge on any atom is -0.464 e. The quantitative estimate of drug-likeness (QED) is 0.460. The van der Waals surface area contributed by atoms with Crippen LogP contribution in [0.2, 0.25) is 0 Å². The molecule has 1 aromatic carbocycles. The topological polar surface area (TPSA) is 89.5 Å². The van der Waals surface area contributed by atoms with Gasteiger partial charge in [0, 0.05) is 0 Å². The molecule has 6 nitrogen and oxygen atoms in total. The zero-order valence-corrected chi connectivity index (χ0v) is 14.8. The standard InChI is InChI=1S/C16H17NO5S2/c1-3-22-16(19)14(15(18)13-5-4-10-23-13)17-24(20,21)12-8-6-11(2)7-9-12/h4-10,14,17H,3H2,1-2H3. The number of rotatable bonds is 7. The van der Waals surface area contributed by atoms with Crippen molar-refractivity contribution in [3.05, 3.63) is 52.2 Å². The Hall–Kier alpha value is -2.03. The Morgan fingerprint density at radius 2 is 1.88 bits per heavy atom. The van der Waals surface area contributed by atoms with Gasteiger partial charge in [-0.25, -0.2) is 13.2 Å². The highest BCUT2D eigenvalue weighted by atomic mass is 32.2. The maximum atomic E-state index is 12.5. The van der Waals surface area contributed by atoms with Crippen LogP contribution in [0.1, 0.15) is 22.2 Å². The molecule has 0 aliphatic carbocycles. The summed E-state index contributed by atoms with van der Waals surface area (Å²) in [4.78, 5) is 24.8. The zero-order chi connectivity index (χ0) is 17.7. The number of benzene rings is 1. The molecular weight excluding hydrogens is 350 g/mol. The molecule has 0 aliphatic heterocycles. The van der Waals surface area contributed by atoms with Crippen LogP contribution >= 0.6 is 11.3 Å². The van der Waals surface area contributed by atoms with Crippen molar-refractivity contribution in [1.29, 1.82) is 0 Å². The monoisotopic (exact) mass is 367 g/mol. The van der Waals surface area contributed by atoms with E-state index in [1.165, 1.54) is 18.2 Å². The largest absolute Gasteiger partial charge is 0.464 e. The van der Waals surface area contributed by atoms with E-state index in [9.17, 15) is 18.0 Å². The van der Waals surface area contributed by atoms with Gasteiger partial charge in [-0.05, 0) is 37.4 Å². The second-order valence-electron chi connectivity index (χ2n) is 4.96. The number of hydrogen-bond acceptors (Lipinski definition) is 6. The molecule has 0 saturated heterocycles. The number of carbonyl (C=O) groups is 2. The number of nitrogens with one attached hydrogen (secondary N) is 1. The van der Waals surface area contributed by atoms with Crippen LogP contribution < -0.4 is 4.72 Å². The van der Waals surface area contributed by atoms with Gasteiger partial charge in [-0.3, -0.25) is 4.79 Å². The number of sulfonamides is 1. The number of Topliss-reactive ketones (excluding diaryl/α,β-unsaturated/α-hetero) is 1. The lowest BCUT2D eigenvalue weighted by atomic mass is 10.2. The fraction of sp³-hybridized carbons (Fsp3) is 0.250. The highest BCUT2D eigenvalue weighted by molar-refractivity contribution is 7.89. The van der Waals surface area contributed by atoms with Crippen molar-refractivity contribution < 1.29 is 22.7 Å². The average molecular weight is 367 g/mol. The summed E-state index contributed by atoms with van der Waals surface area (Å²) < 4.78 is 31.9. The van der Waals surface area contributed by atoms with E-state index >= 15 is 0 Å². The molecule has 24 heavy (non-hydrogen) atoms. The lowest BCUT2D eigenvalue weighted by Gasteiger charge is -2.16. The number of aryl methyl sites for hydroxylation is 1. The molecule has 0 fully saturated rings. The van der Waals surface area contributed by atoms with Gasteiger partial charge in [0.25, 0.3) is 0 Å². The molecule has 1 unspecified atom stereocenters. The predicted octanol–water partition coefficient (Wildman–Crippen LogP) is 2.15. The van der Waals surface area contributed by atoms with Crippen molar-refractivity contribution in [1.82, 2.24) is 4.72 Å². The molecule has 0 saturated carbocycles. The van der Waals surface area contributed by atoms with Crippen molar-refractivity contribution >= 4 is 33.1 Å². The normalized spacial score (nSPS) is 12.6. The third-order valence-electron chi connectivity index (χ3n) is 3.15. The van der Waals surface area contributed by atoms with Crippen LogP contribution in [0.25, 0.3) is 0 Å². The second kappa shape index (κ2) is 7.69. The van der Waals surface area contributed by atoms with Crippen molar-refractivity contribution in [3.63, 3.8) is 0 Å². The van der Waals surface area contributed by atoms with E-state index in [2.05, 4.69) is 4.72 Å². The molecule has 2 rings (SSSR count). The second-order valence-corrected chi connectivity index (χ2v) is 7.62. The molecule has 1 atom stereocenters. The Bertz CT molecular complexity index is 811. The Morgan fingerprint density at radius 3 is 2.42 bits per heavy atom.